The fourth-order valence-electron chi connectivity index (χ4n) is 0.939. The third-order valence-corrected chi connectivity index (χ3v) is 1.96. The van der Waals surface area contributed by atoms with Crippen molar-refractivity contribution in [3.05, 3.63) is 28.8 Å². The fraction of sp³-hybridized carbons (Fsp3) is 0.222. The number of hydrogen-bond donors (Lipinski definition) is 1. The summed E-state index contributed by atoms with van der Waals surface area (Å²) in [5, 5.41) is 9.62. The highest BCUT2D eigenvalue weighted by Crippen LogP contribution is 2.27. The normalized spacial score (nSPS) is 12.2. The number of carbonyl (C=O) groups excluding carboxylic acids is 1. The van der Waals surface area contributed by atoms with Crippen LogP contribution in [0.1, 0.15) is 11.7 Å². The van der Waals surface area contributed by atoms with Gasteiger partial charge < -0.3 is 14.6 Å². The van der Waals surface area contributed by atoms with Gasteiger partial charge in [0, 0.05) is 0 Å². The maximum Gasteiger partial charge on any atom is 0.153 e. The number of ether oxygens (including phenoxy) is 1. The van der Waals surface area contributed by atoms with Crippen molar-refractivity contribution in [1.82, 2.24) is 0 Å². The highest BCUT2D eigenvalue weighted by Gasteiger charge is 2.08. The van der Waals surface area contributed by atoms with Gasteiger partial charge in [-0.05, 0) is 17.7 Å². The molecule has 0 aliphatic rings. The number of rotatable bonds is 3. The average Bonchev–Trinajstić information content (AvgIpc) is 2.17. The summed E-state index contributed by atoms with van der Waals surface area (Å²) in [7, 11) is 1.47. The quantitative estimate of drug-likeness (QED) is 0.754. The minimum Gasteiger partial charge on any atom is -0.495 e. The predicted molar refractivity (Wildman–Crippen MR) is 49.0 cm³/mol. The molecule has 70 valence electrons. The predicted octanol–water partition coefficient (Wildman–Crippen LogP) is 1.58. The summed E-state index contributed by atoms with van der Waals surface area (Å²) in [6.45, 7) is 0. The Balaban J connectivity index is 3.05. The first kappa shape index (κ1) is 10.0. The zero-order valence-electron chi connectivity index (χ0n) is 7.03. The third kappa shape index (κ3) is 2.20. The Bertz CT molecular complexity index is 312. The molecule has 1 rings (SSSR count). The first-order valence-electron chi connectivity index (χ1n) is 3.66. The smallest absolute Gasteiger partial charge is 0.153 e. The average molecular weight is 201 g/mol. The summed E-state index contributed by atoms with van der Waals surface area (Å²) >= 11 is 5.75. The molecule has 0 aromatic heterocycles. The van der Waals surface area contributed by atoms with E-state index in [1.165, 1.54) is 13.2 Å². The molecule has 1 aromatic rings. The van der Waals surface area contributed by atoms with E-state index in [2.05, 4.69) is 0 Å². The molecule has 0 aliphatic carbocycles. The topological polar surface area (TPSA) is 46.5 Å². The van der Waals surface area contributed by atoms with Gasteiger partial charge in [0.15, 0.2) is 6.29 Å². The molecule has 0 heterocycles. The fourth-order valence-corrected chi connectivity index (χ4v) is 1.13. The maximum absolute atomic E-state index is 10.3. The Morgan fingerprint density at radius 2 is 2.31 bits per heavy atom. The molecule has 13 heavy (non-hydrogen) atoms. The highest BCUT2D eigenvalue weighted by molar-refractivity contribution is 6.32. The lowest BCUT2D eigenvalue weighted by atomic mass is 10.1. The number of aliphatic hydroxyl groups excluding tert-OH is 1. The second-order valence-corrected chi connectivity index (χ2v) is 2.88. The van der Waals surface area contributed by atoms with Gasteiger partial charge in [-0.15, -0.1) is 0 Å². The van der Waals surface area contributed by atoms with Gasteiger partial charge in [0.1, 0.15) is 11.9 Å². The maximum atomic E-state index is 10.3. The van der Waals surface area contributed by atoms with Gasteiger partial charge in [-0.1, -0.05) is 17.7 Å². The number of hydrogen-bond acceptors (Lipinski definition) is 3. The summed E-state index contributed by atoms with van der Waals surface area (Å²) in [5.74, 6) is 0.445. The van der Waals surface area contributed by atoms with Crippen molar-refractivity contribution < 1.29 is 14.6 Å². The number of aliphatic hydroxyl groups is 1. The van der Waals surface area contributed by atoms with Crippen LogP contribution in [0.5, 0.6) is 5.75 Å². The summed E-state index contributed by atoms with van der Waals surface area (Å²) in [4.78, 5) is 10.3. The van der Waals surface area contributed by atoms with Crippen LogP contribution in [-0.2, 0) is 4.79 Å². The second-order valence-electron chi connectivity index (χ2n) is 2.47. The van der Waals surface area contributed by atoms with E-state index in [1.807, 2.05) is 0 Å². The summed E-state index contributed by atoms with van der Waals surface area (Å²) in [6, 6.07) is 4.67. The van der Waals surface area contributed by atoms with Crippen LogP contribution in [0.25, 0.3) is 0 Å². The molecule has 0 bridgehead atoms. The number of carbonyl (C=O) groups is 1. The molecular weight excluding hydrogens is 192 g/mol. The van der Waals surface area contributed by atoms with Crippen molar-refractivity contribution in [3.8, 4) is 5.75 Å². The van der Waals surface area contributed by atoms with Gasteiger partial charge in [0.05, 0.1) is 12.1 Å². The standard InChI is InChI=1S/C9H9ClO3/c1-13-9-4-6(8(12)5-11)2-3-7(9)10/h2-5,8,12H,1H3. The Morgan fingerprint density at radius 1 is 1.62 bits per heavy atom. The van der Waals surface area contributed by atoms with Crippen molar-refractivity contribution >= 4 is 17.9 Å². The van der Waals surface area contributed by atoms with Crippen molar-refractivity contribution in [1.29, 1.82) is 0 Å². The lowest BCUT2D eigenvalue weighted by Crippen LogP contribution is -1.98. The molecule has 0 amide bonds. The minimum atomic E-state index is -1.12. The lowest BCUT2D eigenvalue weighted by molar-refractivity contribution is -0.115. The van der Waals surface area contributed by atoms with E-state index in [4.69, 9.17) is 16.3 Å². The molecule has 0 fully saturated rings. The van der Waals surface area contributed by atoms with Crippen LogP contribution in [0.2, 0.25) is 5.02 Å². The molecule has 1 N–H and O–H groups in total. The van der Waals surface area contributed by atoms with Crippen LogP contribution < -0.4 is 4.74 Å². The Labute approximate surface area is 80.9 Å². The van der Waals surface area contributed by atoms with E-state index in [-0.39, 0.29) is 0 Å². The van der Waals surface area contributed by atoms with Crippen LogP contribution in [0, 0.1) is 0 Å². The van der Waals surface area contributed by atoms with E-state index in [1.54, 1.807) is 12.1 Å². The molecule has 0 saturated carbocycles. The molecule has 3 nitrogen and oxygen atoms in total. The Kier molecular flexibility index (Phi) is 3.28. The van der Waals surface area contributed by atoms with Crippen LogP contribution in [0.3, 0.4) is 0 Å². The number of halogens is 1. The van der Waals surface area contributed by atoms with E-state index in [0.717, 1.165) is 0 Å². The van der Waals surface area contributed by atoms with Gasteiger partial charge in [-0.2, -0.15) is 0 Å². The van der Waals surface area contributed by atoms with Gasteiger partial charge >= 0.3 is 0 Å². The SMILES string of the molecule is COc1cc(C(O)C=O)ccc1Cl. The van der Waals surface area contributed by atoms with Crippen molar-refractivity contribution in [2.45, 2.75) is 6.10 Å². The molecule has 1 atom stereocenters. The third-order valence-electron chi connectivity index (χ3n) is 1.65. The van der Waals surface area contributed by atoms with Gasteiger partial charge in [0.2, 0.25) is 0 Å². The van der Waals surface area contributed by atoms with Crippen LogP contribution in [0.4, 0.5) is 0 Å². The van der Waals surface area contributed by atoms with E-state index >= 15 is 0 Å². The van der Waals surface area contributed by atoms with E-state index < -0.39 is 6.10 Å². The van der Waals surface area contributed by atoms with Crippen molar-refractivity contribution in [2.75, 3.05) is 7.11 Å². The molecule has 1 aromatic carbocycles. The monoisotopic (exact) mass is 200 g/mol. The van der Waals surface area contributed by atoms with Gasteiger partial charge in [0.25, 0.3) is 0 Å². The summed E-state index contributed by atoms with van der Waals surface area (Å²) in [5.41, 5.74) is 0.469. The molecule has 0 saturated heterocycles. The molecule has 0 spiro atoms. The Hall–Kier alpha value is -1.06. The van der Waals surface area contributed by atoms with Crippen molar-refractivity contribution in [3.63, 3.8) is 0 Å². The van der Waals surface area contributed by atoms with Crippen molar-refractivity contribution in [2.24, 2.45) is 0 Å². The second kappa shape index (κ2) is 4.25. The molecular formula is C9H9ClO3. The summed E-state index contributed by atoms with van der Waals surface area (Å²) < 4.78 is 4.92. The van der Waals surface area contributed by atoms with E-state index in [9.17, 15) is 9.90 Å². The minimum absolute atomic E-state index is 0.445. The molecule has 0 radical (unpaired) electrons. The van der Waals surface area contributed by atoms with Crippen LogP contribution >= 0.6 is 11.6 Å². The van der Waals surface area contributed by atoms with Gasteiger partial charge in [-0.3, -0.25) is 0 Å². The first-order chi connectivity index (χ1) is 6.19. The summed E-state index contributed by atoms with van der Waals surface area (Å²) in [6.07, 6.45) is -0.672. The van der Waals surface area contributed by atoms with Crippen LogP contribution in [0.15, 0.2) is 18.2 Å². The zero-order chi connectivity index (χ0) is 9.84. The number of methoxy groups -OCH3 is 1. The highest BCUT2D eigenvalue weighted by atomic mass is 35.5. The molecule has 0 aliphatic heterocycles. The lowest BCUT2D eigenvalue weighted by Gasteiger charge is -2.07. The van der Waals surface area contributed by atoms with Crippen LogP contribution in [-0.4, -0.2) is 18.5 Å². The first-order valence-corrected chi connectivity index (χ1v) is 4.03. The molecule has 1 unspecified atom stereocenters. The zero-order valence-corrected chi connectivity index (χ0v) is 7.78. The number of benzene rings is 1. The Morgan fingerprint density at radius 3 is 2.85 bits per heavy atom. The van der Waals surface area contributed by atoms with E-state index in [0.29, 0.717) is 22.6 Å². The largest absolute Gasteiger partial charge is 0.495 e. The number of aldehydes is 1. The van der Waals surface area contributed by atoms with Gasteiger partial charge in [-0.25, -0.2) is 0 Å². The molecule has 4 heteroatoms.